The van der Waals surface area contributed by atoms with Crippen LogP contribution in [0.2, 0.25) is 0 Å². The maximum atomic E-state index is 12.0. The lowest BCUT2D eigenvalue weighted by molar-refractivity contribution is -0.131. The minimum atomic E-state index is 0.214. The quantitative estimate of drug-likeness (QED) is 0.889. The molecule has 1 aromatic heterocycles. The molecule has 1 aliphatic rings. The second kappa shape index (κ2) is 6.31. The molecule has 1 N–H and O–H groups in total. The fraction of sp³-hybridized carbons (Fsp3) is 0.615. The minimum absolute atomic E-state index is 0.214. The van der Waals surface area contributed by atoms with Gasteiger partial charge in [-0.15, -0.1) is 11.3 Å². The van der Waals surface area contributed by atoms with Crippen molar-refractivity contribution in [3.05, 3.63) is 22.4 Å². The van der Waals surface area contributed by atoms with Crippen LogP contribution in [-0.4, -0.2) is 55.5 Å². The maximum Gasteiger partial charge on any atom is 0.236 e. The Hall–Kier alpha value is -0.910. The van der Waals surface area contributed by atoms with Crippen molar-refractivity contribution in [2.24, 2.45) is 0 Å². The zero-order chi connectivity index (χ0) is 13.0. The van der Waals surface area contributed by atoms with E-state index < -0.39 is 0 Å². The standard InChI is InChI=1S/C13H21N3OS/c1-11(12-4-3-9-18-12)14-10-13(17)16-7-5-15(2)6-8-16/h3-4,9,11,14H,5-8,10H2,1-2H3. The second-order valence-corrected chi connectivity index (χ2v) is 5.78. The van der Waals surface area contributed by atoms with Gasteiger partial charge in [0.25, 0.3) is 0 Å². The summed E-state index contributed by atoms with van der Waals surface area (Å²) < 4.78 is 0. The molecule has 0 spiro atoms. The third-order valence-corrected chi connectivity index (χ3v) is 4.44. The number of likely N-dealkylation sites (N-methyl/N-ethyl adjacent to an activating group) is 1. The van der Waals surface area contributed by atoms with Gasteiger partial charge in [-0.3, -0.25) is 4.79 Å². The van der Waals surface area contributed by atoms with E-state index >= 15 is 0 Å². The van der Waals surface area contributed by atoms with Crippen LogP contribution >= 0.6 is 11.3 Å². The van der Waals surface area contributed by atoms with Gasteiger partial charge in [-0.2, -0.15) is 0 Å². The molecule has 0 aliphatic carbocycles. The molecule has 1 unspecified atom stereocenters. The third kappa shape index (κ3) is 3.54. The highest BCUT2D eigenvalue weighted by Gasteiger charge is 2.19. The third-order valence-electron chi connectivity index (χ3n) is 3.39. The summed E-state index contributed by atoms with van der Waals surface area (Å²) in [6.07, 6.45) is 0. The van der Waals surface area contributed by atoms with Crippen molar-refractivity contribution in [3.63, 3.8) is 0 Å². The Bertz CT molecular complexity index is 372. The predicted molar refractivity (Wildman–Crippen MR) is 74.8 cm³/mol. The van der Waals surface area contributed by atoms with Gasteiger partial charge < -0.3 is 15.1 Å². The van der Waals surface area contributed by atoms with Crippen LogP contribution in [0.15, 0.2) is 17.5 Å². The smallest absolute Gasteiger partial charge is 0.236 e. The molecule has 18 heavy (non-hydrogen) atoms. The van der Waals surface area contributed by atoms with E-state index in [0.29, 0.717) is 6.54 Å². The Morgan fingerprint density at radius 3 is 2.78 bits per heavy atom. The van der Waals surface area contributed by atoms with Crippen molar-refractivity contribution < 1.29 is 4.79 Å². The van der Waals surface area contributed by atoms with Gasteiger partial charge in [0.05, 0.1) is 6.54 Å². The van der Waals surface area contributed by atoms with Crippen molar-refractivity contribution >= 4 is 17.2 Å². The van der Waals surface area contributed by atoms with Crippen LogP contribution in [0, 0.1) is 0 Å². The molecule has 1 aromatic rings. The number of thiophene rings is 1. The van der Waals surface area contributed by atoms with Gasteiger partial charge in [0.1, 0.15) is 0 Å². The van der Waals surface area contributed by atoms with E-state index in [2.05, 4.69) is 35.6 Å². The summed E-state index contributed by atoms with van der Waals surface area (Å²) in [7, 11) is 2.10. The lowest BCUT2D eigenvalue weighted by Gasteiger charge is -2.32. The Morgan fingerprint density at radius 2 is 2.17 bits per heavy atom. The fourth-order valence-electron chi connectivity index (χ4n) is 2.05. The van der Waals surface area contributed by atoms with Crippen molar-refractivity contribution in [2.45, 2.75) is 13.0 Å². The number of nitrogens with one attached hydrogen (secondary N) is 1. The maximum absolute atomic E-state index is 12.0. The van der Waals surface area contributed by atoms with Gasteiger partial charge in [0.2, 0.25) is 5.91 Å². The fourth-order valence-corrected chi connectivity index (χ4v) is 2.81. The van der Waals surface area contributed by atoms with E-state index in [4.69, 9.17) is 0 Å². The first-order valence-corrected chi connectivity index (χ1v) is 7.28. The van der Waals surface area contributed by atoms with Gasteiger partial charge in [-0.05, 0) is 25.4 Å². The number of hydrogen-bond acceptors (Lipinski definition) is 4. The molecular weight excluding hydrogens is 246 g/mol. The highest BCUT2D eigenvalue weighted by Crippen LogP contribution is 2.17. The van der Waals surface area contributed by atoms with E-state index in [1.54, 1.807) is 11.3 Å². The lowest BCUT2D eigenvalue weighted by Crippen LogP contribution is -2.49. The minimum Gasteiger partial charge on any atom is -0.339 e. The number of carbonyl (C=O) groups excluding carboxylic acids is 1. The normalized spacial score (nSPS) is 18.9. The van der Waals surface area contributed by atoms with Crippen LogP contribution in [0.3, 0.4) is 0 Å². The molecule has 2 heterocycles. The number of hydrogen-bond donors (Lipinski definition) is 1. The molecule has 5 heteroatoms. The van der Waals surface area contributed by atoms with Gasteiger partial charge in [0.15, 0.2) is 0 Å². The van der Waals surface area contributed by atoms with Crippen LogP contribution in [-0.2, 0) is 4.79 Å². The van der Waals surface area contributed by atoms with E-state index in [1.165, 1.54) is 4.88 Å². The van der Waals surface area contributed by atoms with Crippen LogP contribution in [0.25, 0.3) is 0 Å². The monoisotopic (exact) mass is 267 g/mol. The SMILES string of the molecule is CC(NCC(=O)N1CCN(C)CC1)c1cccs1. The Labute approximate surface area is 113 Å². The molecule has 1 aliphatic heterocycles. The first-order valence-electron chi connectivity index (χ1n) is 6.40. The van der Waals surface area contributed by atoms with Crippen molar-refractivity contribution in [3.8, 4) is 0 Å². The number of nitrogens with zero attached hydrogens (tertiary/aromatic N) is 2. The largest absolute Gasteiger partial charge is 0.339 e. The first kappa shape index (κ1) is 13.5. The van der Waals surface area contributed by atoms with Crippen molar-refractivity contribution in [1.29, 1.82) is 0 Å². The van der Waals surface area contributed by atoms with E-state index in [1.807, 2.05) is 11.0 Å². The summed E-state index contributed by atoms with van der Waals surface area (Å²) in [4.78, 5) is 17.5. The molecule has 0 aromatic carbocycles. The second-order valence-electron chi connectivity index (χ2n) is 4.80. The average Bonchev–Trinajstić information content (AvgIpc) is 2.90. The Morgan fingerprint density at radius 1 is 1.44 bits per heavy atom. The highest BCUT2D eigenvalue weighted by atomic mass is 32.1. The van der Waals surface area contributed by atoms with Gasteiger partial charge in [-0.1, -0.05) is 6.07 Å². The van der Waals surface area contributed by atoms with Gasteiger partial charge in [-0.25, -0.2) is 0 Å². The van der Waals surface area contributed by atoms with Crippen molar-refractivity contribution in [1.82, 2.24) is 15.1 Å². The summed E-state index contributed by atoms with van der Waals surface area (Å²) in [5.41, 5.74) is 0. The number of piperazine rings is 1. The van der Waals surface area contributed by atoms with Crippen LogP contribution < -0.4 is 5.32 Å². The van der Waals surface area contributed by atoms with Crippen LogP contribution in [0.4, 0.5) is 0 Å². The summed E-state index contributed by atoms with van der Waals surface area (Å²) in [5, 5.41) is 5.36. The Kier molecular flexibility index (Phi) is 4.74. The molecule has 1 fully saturated rings. The average molecular weight is 267 g/mol. The van der Waals surface area contributed by atoms with E-state index in [-0.39, 0.29) is 11.9 Å². The molecule has 0 saturated carbocycles. The zero-order valence-corrected chi connectivity index (χ0v) is 11.9. The molecule has 1 atom stereocenters. The molecular formula is C13H21N3OS. The molecule has 4 nitrogen and oxygen atoms in total. The summed E-state index contributed by atoms with van der Waals surface area (Å²) >= 11 is 1.72. The molecule has 2 rings (SSSR count). The predicted octanol–water partition coefficient (Wildman–Crippen LogP) is 1.17. The number of rotatable bonds is 4. The lowest BCUT2D eigenvalue weighted by atomic mass is 10.2. The van der Waals surface area contributed by atoms with Gasteiger partial charge >= 0.3 is 0 Å². The molecule has 0 bridgehead atoms. The molecule has 100 valence electrons. The van der Waals surface area contributed by atoms with E-state index in [0.717, 1.165) is 26.2 Å². The first-order chi connectivity index (χ1) is 8.66. The number of amides is 1. The highest BCUT2D eigenvalue weighted by molar-refractivity contribution is 7.10. The summed E-state index contributed by atoms with van der Waals surface area (Å²) in [5.74, 6) is 0.214. The summed E-state index contributed by atoms with van der Waals surface area (Å²) in [6.45, 7) is 6.19. The molecule has 1 amide bonds. The molecule has 0 radical (unpaired) electrons. The Balaban J connectivity index is 1.75. The van der Waals surface area contributed by atoms with Gasteiger partial charge in [0, 0.05) is 37.1 Å². The van der Waals surface area contributed by atoms with Crippen LogP contribution in [0.5, 0.6) is 0 Å². The van der Waals surface area contributed by atoms with Crippen LogP contribution in [0.1, 0.15) is 17.8 Å². The van der Waals surface area contributed by atoms with Crippen molar-refractivity contribution in [2.75, 3.05) is 39.8 Å². The zero-order valence-electron chi connectivity index (χ0n) is 11.1. The van der Waals surface area contributed by atoms with E-state index in [9.17, 15) is 4.79 Å². The summed E-state index contributed by atoms with van der Waals surface area (Å²) in [6, 6.07) is 4.39. The molecule has 1 saturated heterocycles. The topological polar surface area (TPSA) is 35.6 Å². The number of carbonyl (C=O) groups is 1.